The zero-order valence-corrected chi connectivity index (χ0v) is 10.8. The Kier molecular flexibility index (Phi) is 2.66. The molecule has 4 heteroatoms. The lowest BCUT2D eigenvalue weighted by Gasteiger charge is -2.04. The van der Waals surface area contributed by atoms with E-state index in [0.29, 0.717) is 0 Å². The van der Waals surface area contributed by atoms with E-state index in [-0.39, 0.29) is 0 Å². The number of rotatable bonds is 1. The van der Waals surface area contributed by atoms with Crippen LogP contribution in [0.5, 0.6) is 0 Å². The molecule has 1 aliphatic rings. The SMILES string of the molecule is Clc1ccc(-c2cc(Cl)c3c(n2)CCC3)s1. The third kappa shape index (κ3) is 1.75. The first-order valence-corrected chi connectivity index (χ1v) is 6.75. The summed E-state index contributed by atoms with van der Waals surface area (Å²) in [6, 6.07) is 5.84. The number of halogens is 2. The van der Waals surface area contributed by atoms with Crippen LogP contribution in [0.4, 0.5) is 0 Å². The van der Waals surface area contributed by atoms with Gasteiger partial charge in [-0.3, -0.25) is 4.98 Å². The number of fused-ring (bicyclic) bond motifs is 1. The number of aryl methyl sites for hydroxylation is 1. The quantitative estimate of drug-likeness (QED) is 0.737. The molecule has 2 heterocycles. The summed E-state index contributed by atoms with van der Waals surface area (Å²) < 4.78 is 0.786. The molecular formula is C12H9Cl2NS. The van der Waals surface area contributed by atoms with Crippen molar-refractivity contribution in [3.8, 4) is 10.6 Å². The number of pyridine rings is 1. The van der Waals surface area contributed by atoms with E-state index in [1.54, 1.807) is 0 Å². The highest BCUT2D eigenvalue weighted by Gasteiger charge is 2.17. The Hall–Kier alpha value is -0.570. The predicted molar refractivity (Wildman–Crippen MR) is 69.6 cm³/mol. The highest BCUT2D eigenvalue weighted by molar-refractivity contribution is 7.19. The summed E-state index contributed by atoms with van der Waals surface area (Å²) in [5.41, 5.74) is 3.34. The van der Waals surface area contributed by atoms with Crippen LogP contribution in [0, 0.1) is 0 Å². The fourth-order valence-electron chi connectivity index (χ4n) is 2.07. The zero-order chi connectivity index (χ0) is 11.1. The van der Waals surface area contributed by atoms with Gasteiger partial charge in [0.05, 0.1) is 14.9 Å². The van der Waals surface area contributed by atoms with Gasteiger partial charge in [0.15, 0.2) is 0 Å². The Morgan fingerprint density at radius 3 is 2.81 bits per heavy atom. The summed E-state index contributed by atoms with van der Waals surface area (Å²) in [6.45, 7) is 0. The number of hydrogen-bond acceptors (Lipinski definition) is 2. The number of hydrogen-bond donors (Lipinski definition) is 0. The van der Waals surface area contributed by atoms with Gasteiger partial charge in [-0.2, -0.15) is 0 Å². The fourth-order valence-corrected chi connectivity index (χ4v) is 3.38. The first-order valence-electron chi connectivity index (χ1n) is 5.18. The van der Waals surface area contributed by atoms with Crippen molar-refractivity contribution in [1.29, 1.82) is 0 Å². The van der Waals surface area contributed by atoms with E-state index >= 15 is 0 Å². The molecule has 0 atom stereocenters. The molecule has 0 N–H and O–H groups in total. The molecule has 0 saturated heterocycles. The molecule has 0 saturated carbocycles. The van der Waals surface area contributed by atoms with Gasteiger partial charge in [-0.25, -0.2) is 0 Å². The minimum Gasteiger partial charge on any atom is -0.252 e. The van der Waals surface area contributed by atoms with Crippen molar-refractivity contribution in [3.05, 3.63) is 38.8 Å². The Bertz CT molecular complexity index is 548. The number of thiophene rings is 1. The second kappa shape index (κ2) is 4.02. The van der Waals surface area contributed by atoms with Crippen LogP contribution in [0.25, 0.3) is 10.6 Å². The summed E-state index contributed by atoms with van der Waals surface area (Å²) in [6.07, 6.45) is 3.27. The van der Waals surface area contributed by atoms with Gasteiger partial charge in [-0.1, -0.05) is 23.2 Å². The van der Waals surface area contributed by atoms with Gasteiger partial charge in [0, 0.05) is 10.7 Å². The lowest BCUT2D eigenvalue weighted by Crippen LogP contribution is -1.91. The Balaban J connectivity index is 2.12. The van der Waals surface area contributed by atoms with E-state index in [9.17, 15) is 0 Å². The van der Waals surface area contributed by atoms with Crippen LogP contribution in [0.3, 0.4) is 0 Å². The minimum absolute atomic E-state index is 0.786. The van der Waals surface area contributed by atoms with E-state index in [0.717, 1.165) is 44.9 Å². The van der Waals surface area contributed by atoms with E-state index in [1.165, 1.54) is 16.9 Å². The third-order valence-electron chi connectivity index (χ3n) is 2.82. The topological polar surface area (TPSA) is 12.9 Å². The lowest BCUT2D eigenvalue weighted by molar-refractivity contribution is 0.900. The van der Waals surface area contributed by atoms with Crippen LogP contribution in [-0.4, -0.2) is 4.98 Å². The second-order valence-corrected chi connectivity index (χ2v) is 5.99. The Labute approximate surface area is 108 Å². The summed E-state index contributed by atoms with van der Waals surface area (Å²) in [4.78, 5) is 5.75. The van der Waals surface area contributed by atoms with Crippen molar-refractivity contribution in [1.82, 2.24) is 4.98 Å². The normalized spacial score (nSPS) is 14.1. The van der Waals surface area contributed by atoms with Crippen LogP contribution < -0.4 is 0 Å². The van der Waals surface area contributed by atoms with Gasteiger partial charge in [0.1, 0.15) is 0 Å². The molecule has 0 aromatic carbocycles. The predicted octanol–water partition coefficient (Wildman–Crippen LogP) is 4.61. The highest BCUT2D eigenvalue weighted by Crippen LogP contribution is 2.35. The van der Waals surface area contributed by atoms with Crippen molar-refractivity contribution in [2.24, 2.45) is 0 Å². The molecule has 0 unspecified atom stereocenters. The summed E-state index contributed by atoms with van der Waals surface area (Å²) >= 11 is 13.7. The van der Waals surface area contributed by atoms with Crippen LogP contribution in [0.2, 0.25) is 9.36 Å². The molecule has 1 aliphatic carbocycles. The molecule has 0 spiro atoms. The maximum absolute atomic E-state index is 6.26. The third-order valence-corrected chi connectivity index (χ3v) is 4.41. The zero-order valence-electron chi connectivity index (χ0n) is 8.46. The molecule has 16 heavy (non-hydrogen) atoms. The molecule has 0 radical (unpaired) electrons. The first kappa shape index (κ1) is 10.6. The fraction of sp³-hybridized carbons (Fsp3) is 0.250. The van der Waals surface area contributed by atoms with Crippen LogP contribution in [0.15, 0.2) is 18.2 Å². The molecule has 3 rings (SSSR count). The van der Waals surface area contributed by atoms with E-state index in [1.807, 2.05) is 18.2 Å². The van der Waals surface area contributed by atoms with Gasteiger partial charge in [-0.05, 0) is 43.0 Å². The van der Waals surface area contributed by atoms with Crippen molar-refractivity contribution >= 4 is 34.5 Å². The summed E-state index contributed by atoms with van der Waals surface area (Å²) in [7, 11) is 0. The van der Waals surface area contributed by atoms with E-state index in [2.05, 4.69) is 4.98 Å². The molecule has 0 amide bonds. The monoisotopic (exact) mass is 269 g/mol. The molecule has 0 fully saturated rings. The summed E-state index contributed by atoms with van der Waals surface area (Å²) in [5.74, 6) is 0. The largest absolute Gasteiger partial charge is 0.252 e. The maximum atomic E-state index is 6.26. The van der Waals surface area contributed by atoms with Gasteiger partial charge in [0.25, 0.3) is 0 Å². The maximum Gasteiger partial charge on any atom is 0.0935 e. The van der Waals surface area contributed by atoms with Gasteiger partial charge in [0.2, 0.25) is 0 Å². The lowest BCUT2D eigenvalue weighted by atomic mass is 10.2. The van der Waals surface area contributed by atoms with Crippen molar-refractivity contribution in [2.75, 3.05) is 0 Å². The van der Waals surface area contributed by atoms with Crippen molar-refractivity contribution in [2.45, 2.75) is 19.3 Å². The van der Waals surface area contributed by atoms with Gasteiger partial charge < -0.3 is 0 Å². The van der Waals surface area contributed by atoms with Crippen LogP contribution >= 0.6 is 34.5 Å². The molecule has 0 bridgehead atoms. The van der Waals surface area contributed by atoms with Crippen LogP contribution in [0.1, 0.15) is 17.7 Å². The standard InChI is InChI=1S/C12H9Cl2NS/c13-8-6-10(11-4-5-12(14)16-11)15-9-3-1-2-7(8)9/h4-6H,1-3H2. The van der Waals surface area contributed by atoms with Gasteiger partial charge in [-0.15, -0.1) is 11.3 Å². The molecule has 2 aromatic heterocycles. The summed E-state index contributed by atoms with van der Waals surface area (Å²) in [5, 5.41) is 0.849. The van der Waals surface area contributed by atoms with E-state index < -0.39 is 0 Å². The first-order chi connectivity index (χ1) is 7.74. The molecule has 82 valence electrons. The van der Waals surface area contributed by atoms with E-state index in [4.69, 9.17) is 23.2 Å². The van der Waals surface area contributed by atoms with Crippen molar-refractivity contribution < 1.29 is 0 Å². The minimum atomic E-state index is 0.786. The molecular weight excluding hydrogens is 261 g/mol. The van der Waals surface area contributed by atoms with Crippen LogP contribution in [-0.2, 0) is 12.8 Å². The highest BCUT2D eigenvalue weighted by atomic mass is 35.5. The number of aromatic nitrogens is 1. The Morgan fingerprint density at radius 1 is 1.19 bits per heavy atom. The Morgan fingerprint density at radius 2 is 2.06 bits per heavy atom. The van der Waals surface area contributed by atoms with Gasteiger partial charge >= 0.3 is 0 Å². The second-order valence-electron chi connectivity index (χ2n) is 3.87. The average molecular weight is 270 g/mol. The number of nitrogens with zero attached hydrogens (tertiary/aromatic N) is 1. The smallest absolute Gasteiger partial charge is 0.0935 e. The van der Waals surface area contributed by atoms with Crippen molar-refractivity contribution in [3.63, 3.8) is 0 Å². The molecule has 0 aliphatic heterocycles. The molecule has 2 aromatic rings. The molecule has 1 nitrogen and oxygen atoms in total. The average Bonchev–Trinajstić information content (AvgIpc) is 2.85.